The largest absolute Gasteiger partial charge is 0.333 e. The predicted octanol–water partition coefficient (Wildman–Crippen LogP) is 18.9. The van der Waals surface area contributed by atoms with Gasteiger partial charge in [-0.25, -0.2) is 0 Å². The molecule has 0 aliphatic heterocycles. The van der Waals surface area contributed by atoms with Crippen molar-refractivity contribution in [2.45, 2.75) is 12.5 Å². The minimum absolute atomic E-state index is 0.268. The van der Waals surface area contributed by atoms with Crippen LogP contribution >= 0.6 is 0 Å². The molecule has 4 heteroatoms. The Morgan fingerprint density at radius 1 is 0.333 bits per heavy atom. The molecule has 2 aromatic heterocycles. The summed E-state index contributed by atoms with van der Waals surface area (Å²) in [6.07, 6.45) is 9.91. The second kappa shape index (κ2) is 17.2. The number of hydrogen-bond donors (Lipinski definition) is 0. The van der Waals surface area contributed by atoms with E-state index >= 15 is 0 Å². The fourth-order valence-corrected chi connectivity index (χ4v) is 11.5. The van der Waals surface area contributed by atoms with E-state index in [-0.39, 0.29) is 6.04 Å². The van der Waals surface area contributed by atoms with Crippen LogP contribution in [0.15, 0.2) is 273 Å². The number of hydrogen-bond acceptors (Lipinski definition) is 2. The van der Waals surface area contributed by atoms with Gasteiger partial charge in [-0.15, -0.1) is 0 Å². The molecule has 0 fully saturated rings. The molecule has 0 saturated heterocycles. The first-order valence-corrected chi connectivity index (χ1v) is 24.9. The van der Waals surface area contributed by atoms with E-state index in [2.05, 4.69) is 292 Å². The molecule has 0 bridgehead atoms. The smallest absolute Gasteiger partial charge is 0.0560 e. The summed E-state index contributed by atoms with van der Waals surface area (Å²) in [4.78, 5) is 4.85. The average Bonchev–Trinajstić information content (AvgIpc) is 3.96. The zero-order chi connectivity index (χ0) is 47.5. The summed E-state index contributed by atoms with van der Waals surface area (Å²) in [5.41, 5.74) is 15.0. The molecule has 1 unspecified atom stereocenters. The van der Waals surface area contributed by atoms with Crippen molar-refractivity contribution >= 4 is 99.3 Å². The van der Waals surface area contributed by atoms with Crippen LogP contribution < -0.4 is 9.80 Å². The highest BCUT2D eigenvalue weighted by Crippen LogP contribution is 2.45. The lowest BCUT2D eigenvalue weighted by molar-refractivity contribution is 0.648. The normalized spacial score (nSPS) is 13.5. The van der Waals surface area contributed by atoms with Crippen molar-refractivity contribution in [2.24, 2.45) is 0 Å². The molecule has 13 aromatic rings. The molecule has 340 valence electrons. The van der Waals surface area contributed by atoms with Crippen LogP contribution in [-0.2, 0) is 0 Å². The Balaban J connectivity index is 0.865. The summed E-state index contributed by atoms with van der Waals surface area (Å²) in [6, 6.07) is 91.4. The first-order chi connectivity index (χ1) is 35.7. The molecule has 1 aliphatic rings. The van der Waals surface area contributed by atoms with Crippen molar-refractivity contribution in [3.8, 4) is 16.8 Å². The molecule has 2 heterocycles. The minimum atomic E-state index is 0.268. The van der Waals surface area contributed by atoms with Crippen LogP contribution in [0.4, 0.5) is 34.1 Å². The summed E-state index contributed by atoms with van der Waals surface area (Å²) >= 11 is 0. The molecule has 1 atom stereocenters. The van der Waals surface area contributed by atoms with E-state index in [1.807, 2.05) is 0 Å². The van der Waals surface area contributed by atoms with Gasteiger partial charge in [-0.1, -0.05) is 176 Å². The van der Waals surface area contributed by atoms with Gasteiger partial charge in [-0.05, 0) is 125 Å². The van der Waals surface area contributed by atoms with Gasteiger partial charge >= 0.3 is 0 Å². The van der Waals surface area contributed by atoms with Crippen LogP contribution in [0.25, 0.3) is 82.0 Å². The summed E-state index contributed by atoms with van der Waals surface area (Å²) in [5.74, 6) is 0. The molecular formula is C68H48N4. The molecule has 0 amide bonds. The lowest BCUT2D eigenvalue weighted by atomic mass is 10.0. The quantitative estimate of drug-likeness (QED) is 0.143. The van der Waals surface area contributed by atoms with Crippen LogP contribution in [0.5, 0.6) is 0 Å². The van der Waals surface area contributed by atoms with E-state index in [4.69, 9.17) is 0 Å². The van der Waals surface area contributed by atoms with Crippen molar-refractivity contribution in [1.29, 1.82) is 0 Å². The maximum atomic E-state index is 2.52. The lowest BCUT2D eigenvalue weighted by Crippen LogP contribution is -2.11. The highest BCUT2D eigenvalue weighted by molar-refractivity contribution is 6.12. The van der Waals surface area contributed by atoms with Gasteiger partial charge in [0.2, 0.25) is 0 Å². The Morgan fingerprint density at radius 2 is 0.778 bits per heavy atom. The standard InChI is InChI=1S/C68H48N4/c1-3-21-51(22-4-1)71-65-29-13-11-27-59(65)61-45-55(41-43-67(61)71)69(63-31-15-19-49-17-7-9-25-57(49)63)53-37-33-47(34-38-53)48-35-39-54(40-36-48)70(64-32-16-20-50-18-8-10-26-58(50)64)56-42-44-68-62(46-56)60-28-12-14-30-66(60)72(68)52-23-5-2-6-24-52/h1-23,25-46,52H,24H2. The maximum absolute atomic E-state index is 2.52. The van der Waals surface area contributed by atoms with Gasteiger partial charge < -0.3 is 18.9 Å². The van der Waals surface area contributed by atoms with Gasteiger partial charge in [-0.2, -0.15) is 0 Å². The second-order valence-electron chi connectivity index (χ2n) is 18.9. The molecule has 1 aliphatic carbocycles. The third-order valence-electron chi connectivity index (χ3n) is 14.8. The van der Waals surface area contributed by atoms with Gasteiger partial charge in [0, 0.05) is 71.8 Å². The fraction of sp³-hybridized carbons (Fsp3) is 0.0294. The topological polar surface area (TPSA) is 16.3 Å². The SMILES string of the molecule is C1=CCC(n2c3ccccc3c3cc(N(c4ccc(-c5ccc(N(c6ccc7c(c6)c6ccccc6n7-c6ccccc6)c6cccc7ccccc67)cc5)cc4)c4cccc5ccccc45)ccc32)C=C1. The highest BCUT2D eigenvalue weighted by atomic mass is 15.2. The molecule has 14 rings (SSSR count). The molecular weight excluding hydrogens is 873 g/mol. The average molecular weight is 921 g/mol. The van der Waals surface area contributed by atoms with Crippen molar-refractivity contribution in [3.63, 3.8) is 0 Å². The summed E-state index contributed by atoms with van der Waals surface area (Å²) in [7, 11) is 0. The van der Waals surface area contributed by atoms with Crippen LogP contribution in [0.1, 0.15) is 12.5 Å². The number of allylic oxidation sites excluding steroid dienone is 4. The Kier molecular flexibility index (Phi) is 9.95. The molecule has 0 spiro atoms. The number of anilines is 6. The third-order valence-corrected chi connectivity index (χ3v) is 14.8. The number of fused-ring (bicyclic) bond motifs is 8. The number of para-hydroxylation sites is 3. The number of aromatic nitrogens is 2. The van der Waals surface area contributed by atoms with Crippen molar-refractivity contribution in [1.82, 2.24) is 9.13 Å². The van der Waals surface area contributed by atoms with E-state index in [0.717, 1.165) is 57.4 Å². The van der Waals surface area contributed by atoms with Gasteiger partial charge in [0.15, 0.2) is 0 Å². The third kappa shape index (κ3) is 6.91. The highest BCUT2D eigenvalue weighted by Gasteiger charge is 2.22. The van der Waals surface area contributed by atoms with Gasteiger partial charge in [0.1, 0.15) is 0 Å². The zero-order valence-electron chi connectivity index (χ0n) is 39.6. The molecule has 0 saturated carbocycles. The Morgan fingerprint density at radius 3 is 1.36 bits per heavy atom. The van der Waals surface area contributed by atoms with Crippen molar-refractivity contribution in [3.05, 3.63) is 273 Å². The van der Waals surface area contributed by atoms with E-state index in [1.54, 1.807) is 0 Å². The first kappa shape index (κ1) is 41.6. The van der Waals surface area contributed by atoms with Gasteiger partial charge in [0.05, 0.1) is 28.5 Å². The Labute approximate surface area is 418 Å². The molecule has 4 nitrogen and oxygen atoms in total. The van der Waals surface area contributed by atoms with E-state index in [9.17, 15) is 0 Å². The Bertz CT molecular complexity index is 4240. The van der Waals surface area contributed by atoms with Gasteiger partial charge in [-0.3, -0.25) is 0 Å². The van der Waals surface area contributed by atoms with Crippen LogP contribution in [0.2, 0.25) is 0 Å². The second-order valence-corrected chi connectivity index (χ2v) is 18.9. The molecule has 72 heavy (non-hydrogen) atoms. The molecule has 0 radical (unpaired) electrons. The van der Waals surface area contributed by atoms with Crippen LogP contribution in [0.3, 0.4) is 0 Å². The summed E-state index contributed by atoms with van der Waals surface area (Å²) in [6.45, 7) is 0. The van der Waals surface area contributed by atoms with Gasteiger partial charge in [0.25, 0.3) is 0 Å². The van der Waals surface area contributed by atoms with Crippen LogP contribution in [0, 0.1) is 0 Å². The molecule has 0 N–H and O–H groups in total. The van der Waals surface area contributed by atoms with E-state index < -0.39 is 0 Å². The predicted molar refractivity (Wildman–Crippen MR) is 306 cm³/mol. The Hall–Kier alpha value is -9.38. The van der Waals surface area contributed by atoms with Crippen LogP contribution in [-0.4, -0.2) is 9.13 Å². The summed E-state index contributed by atoms with van der Waals surface area (Å²) < 4.78 is 4.90. The number of rotatable bonds is 9. The maximum Gasteiger partial charge on any atom is 0.0560 e. The van der Waals surface area contributed by atoms with Crippen molar-refractivity contribution in [2.75, 3.05) is 9.80 Å². The zero-order valence-corrected chi connectivity index (χ0v) is 39.6. The van der Waals surface area contributed by atoms with E-state index in [1.165, 1.54) is 65.2 Å². The number of benzene rings is 11. The molecule has 11 aromatic carbocycles. The van der Waals surface area contributed by atoms with Crippen molar-refractivity contribution < 1.29 is 0 Å². The lowest BCUT2D eigenvalue weighted by Gasteiger charge is -2.28. The number of nitrogens with zero attached hydrogens (tertiary/aromatic N) is 4. The fourth-order valence-electron chi connectivity index (χ4n) is 11.5. The summed E-state index contributed by atoms with van der Waals surface area (Å²) in [5, 5.41) is 9.79. The monoisotopic (exact) mass is 920 g/mol. The first-order valence-electron chi connectivity index (χ1n) is 24.9. The van der Waals surface area contributed by atoms with E-state index in [0.29, 0.717) is 0 Å². The minimum Gasteiger partial charge on any atom is -0.333 e.